The second-order valence-electron chi connectivity index (χ2n) is 5.05. The Morgan fingerprint density at radius 3 is 2.70 bits per heavy atom. The summed E-state index contributed by atoms with van der Waals surface area (Å²) in [6.07, 6.45) is 2.71. The van der Waals surface area contributed by atoms with Gasteiger partial charge in [0.1, 0.15) is 0 Å². The number of hydrogen-bond acceptors (Lipinski definition) is 4. The van der Waals surface area contributed by atoms with Crippen LogP contribution in [0.15, 0.2) is 23.1 Å². The van der Waals surface area contributed by atoms with Crippen molar-refractivity contribution in [1.29, 1.82) is 0 Å². The van der Waals surface area contributed by atoms with Crippen LogP contribution in [0, 0.1) is 6.92 Å². The molecule has 0 aromatic heterocycles. The van der Waals surface area contributed by atoms with Crippen molar-refractivity contribution in [3.8, 4) is 0 Å². The number of nitrogens with one attached hydrogen (secondary N) is 2. The highest BCUT2D eigenvalue weighted by molar-refractivity contribution is 7.89. The van der Waals surface area contributed by atoms with Crippen LogP contribution in [0.25, 0.3) is 0 Å². The van der Waals surface area contributed by atoms with Crippen LogP contribution in [-0.2, 0) is 14.8 Å². The van der Waals surface area contributed by atoms with Gasteiger partial charge in [0.2, 0.25) is 15.9 Å². The number of sulfonamides is 1. The number of anilines is 1. The molecule has 6 nitrogen and oxygen atoms in total. The highest BCUT2D eigenvalue weighted by Crippen LogP contribution is 2.20. The molecule has 0 heterocycles. The molecule has 0 bridgehead atoms. The van der Waals surface area contributed by atoms with E-state index in [9.17, 15) is 13.2 Å². The van der Waals surface area contributed by atoms with Gasteiger partial charge in [-0.1, -0.05) is 6.07 Å². The van der Waals surface area contributed by atoms with Crippen LogP contribution < -0.4 is 15.8 Å². The Kier molecular flexibility index (Phi) is 4.42. The second-order valence-corrected chi connectivity index (χ2v) is 6.61. The highest BCUT2D eigenvalue weighted by Gasteiger charge is 2.20. The predicted molar refractivity (Wildman–Crippen MR) is 76.8 cm³/mol. The fourth-order valence-corrected chi connectivity index (χ4v) is 2.34. The summed E-state index contributed by atoms with van der Waals surface area (Å²) in [4.78, 5) is 11.8. The molecule has 0 radical (unpaired) electrons. The number of primary sulfonamides is 1. The topological polar surface area (TPSA) is 101 Å². The van der Waals surface area contributed by atoms with Crippen molar-refractivity contribution in [2.45, 2.75) is 37.1 Å². The van der Waals surface area contributed by atoms with E-state index in [1.807, 2.05) is 0 Å². The summed E-state index contributed by atoms with van der Waals surface area (Å²) in [5, 5.41) is 11.0. The Morgan fingerprint density at radius 1 is 1.40 bits per heavy atom. The normalized spacial score (nSPS) is 15.1. The summed E-state index contributed by atoms with van der Waals surface area (Å²) < 4.78 is 22.6. The molecule has 0 aliphatic heterocycles. The number of carbonyl (C=O) groups excluding carboxylic acids is 1. The molecule has 1 amide bonds. The molecule has 20 heavy (non-hydrogen) atoms. The molecule has 1 fully saturated rings. The Bertz CT molecular complexity index is 609. The van der Waals surface area contributed by atoms with Crippen molar-refractivity contribution >= 4 is 21.6 Å². The Hall–Kier alpha value is -1.44. The number of amides is 1. The molecule has 1 aliphatic rings. The first-order valence-corrected chi connectivity index (χ1v) is 8.07. The van der Waals surface area contributed by atoms with E-state index in [0.29, 0.717) is 24.7 Å². The Balaban J connectivity index is 1.98. The van der Waals surface area contributed by atoms with Gasteiger partial charge in [-0.15, -0.1) is 0 Å². The zero-order chi connectivity index (χ0) is 14.8. The molecular formula is C13H19N3O3S. The average molecular weight is 297 g/mol. The minimum atomic E-state index is -3.76. The fraction of sp³-hybridized carbons (Fsp3) is 0.462. The summed E-state index contributed by atoms with van der Waals surface area (Å²) in [5.74, 6) is -0.146. The maximum absolute atomic E-state index is 11.8. The number of hydrogen-bond donors (Lipinski definition) is 3. The third-order valence-corrected chi connectivity index (χ3v) is 4.09. The largest absolute Gasteiger partial charge is 0.326 e. The fourth-order valence-electron chi connectivity index (χ4n) is 1.80. The van der Waals surface area contributed by atoms with E-state index in [0.717, 1.165) is 5.56 Å². The third kappa shape index (κ3) is 4.29. The third-order valence-electron chi connectivity index (χ3n) is 3.17. The van der Waals surface area contributed by atoms with Crippen LogP contribution in [-0.4, -0.2) is 26.9 Å². The van der Waals surface area contributed by atoms with E-state index in [1.54, 1.807) is 13.0 Å². The number of aryl methyl sites for hydroxylation is 1. The van der Waals surface area contributed by atoms with Gasteiger partial charge in [-0.3, -0.25) is 4.79 Å². The van der Waals surface area contributed by atoms with Crippen molar-refractivity contribution in [3.63, 3.8) is 0 Å². The van der Waals surface area contributed by atoms with Gasteiger partial charge in [0, 0.05) is 24.7 Å². The maximum atomic E-state index is 11.8. The van der Waals surface area contributed by atoms with Gasteiger partial charge in [0.05, 0.1) is 4.90 Å². The second kappa shape index (κ2) is 5.90. The summed E-state index contributed by atoms with van der Waals surface area (Å²) in [5.41, 5.74) is 1.27. The van der Waals surface area contributed by atoms with Crippen LogP contribution in [0.5, 0.6) is 0 Å². The number of carbonyl (C=O) groups is 1. The molecule has 1 aromatic rings. The van der Waals surface area contributed by atoms with Crippen LogP contribution in [0.2, 0.25) is 0 Å². The summed E-state index contributed by atoms with van der Waals surface area (Å²) in [6, 6.07) is 5.00. The van der Waals surface area contributed by atoms with E-state index < -0.39 is 10.0 Å². The minimum absolute atomic E-state index is 0.00509. The first kappa shape index (κ1) is 15.0. The molecule has 110 valence electrons. The minimum Gasteiger partial charge on any atom is -0.326 e. The monoisotopic (exact) mass is 297 g/mol. The average Bonchev–Trinajstić information content (AvgIpc) is 3.14. The van der Waals surface area contributed by atoms with E-state index in [-0.39, 0.29) is 10.8 Å². The van der Waals surface area contributed by atoms with Gasteiger partial charge in [-0.25, -0.2) is 13.6 Å². The smallest absolute Gasteiger partial charge is 0.238 e. The molecular weight excluding hydrogens is 278 g/mol. The lowest BCUT2D eigenvalue weighted by atomic mass is 10.2. The quantitative estimate of drug-likeness (QED) is 0.720. The molecule has 1 aromatic carbocycles. The van der Waals surface area contributed by atoms with E-state index >= 15 is 0 Å². The molecule has 0 atom stereocenters. The zero-order valence-corrected chi connectivity index (χ0v) is 12.2. The van der Waals surface area contributed by atoms with Crippen LogP contribution in [0.3, 0.4) is 0 Å². The molecule has 4 N–H and O–H groups in total. The van der Waals surface area contributed by atoms with Crippen molar-refractivity contribution in [2.24, 2.45) is 5.14 Å². The van der Waals surface area contributed by atoms with Crippen LogP contribution in [0.4, 0.5) is 5.69 Å². The lowest BCUT2D eigenvalue weighted by Gasteiger charge is -2.10. The molecule has 1 saturated carbocycles. The lowest BCUT2D eigenvalue weighted by molar-refractivity contribution is -0.116. The standard InChI is InChI=1S/C13H19N3O3S/c1-9-2-5-11(20(14,18)19)8-12(9)16-13(17)6-7-15-10-3-4-10/h2,5,8,10,15H,3-4,6-7H2,1H3,(H,16,17)(H2,14,18,19). The molecule has 1 aliphatic carbocycles. The maximum Gasteiger partial charge on any atom is 0.238 e. The van der Waals surface area contributed by atoms with Gasteiger partial charge in [0.15, 0.2) is 0 Å². The molecule has 0 saturated heterocycles. The van der Waals surface area contributed by atoms with E-state index in [2.05, 4.69) is 10.6 Å². The van der Waals surface area contributed by atoms with Crippen molar-refractivity contribution in [2.75, 3.05) is 11.9 Å². The van der Waals surface area contributed by atoms with Gasteiger partial charge in [-0.2, -0.15) is 0 Å². The molecule has 2 rings (SSSR count). The predicted octanol–water partition coefficient (Wildman–Crippen LogP) is 0.723. The number of benzene rings is 1. The van der Waals surface area contributed by atoms with E-state index in [1.165, 1.54) is 25.0 Å². The lowest BCUT2D eigenvalue weighted by Crippen LogP contribution is -2.23. The number of rotatable bonds is 6. The molecule has 0 spiro atoms. The van der Waals surface area contributed by atoms with Gasteiger partial charge >= 0.3 is 0 Å². The SMILES string of the molecule is Cc1ccc(S(N)(=O)=O)cc1NC(=O)CCNC1CC1. The van der Waals surface area contributed by atoms with Crippen molar-refractivity contribution in [3.05, 3.63) is 23.8 Å². The Labute approximate surface area is 118 Å². The zero-order valence-electron chi connectivity index (χ0n) is 11.3. The van der Waals surface area contributed by atoms with Crippen molar-refractivity contribution < 1.29 is 13.2 Å². The highest BCUT2D eigenvalue weighted by atomic mass is 32.2. The molecule has 7 heteroatoms. The first-order chi connectivity index (χ1) is 9.36. The number of nitrogens with two attached hydrogens (primary N) is 1. The van der Waals surface area contributed by atoms with Crippen LogP contribution >= 0.6 is 0 Å². The summed E-state index contributed by atoms with van der Waals surface area (Å²) >= 11 is 0. The van der Waals surface area contributed by atoms with Gasteiger partial charge in [0.25, 0.3) is 0 Å². The molecule has 0 unspecified atom stereocenters. The Morgan fingerprint density at radius 2 is 2.10 bits per heavy atom. The van der Waals surface area contributed by atoms with Crippen molar-refractivity contribution in [1.82, 2.24) is 5.32 Å². The van der Waals surface area contributed by atoms with Gasteiger partial charge in [-0.05, 0) is 37.5 Å². The summed E-state index contributed by atoms with van der Waals surface area (Å²) in [7, 11) is -3.76. The van der Waals surface area contributed by atoms with Crippen LogP contribution in [0.1, 0.15) is 24.8 Å². The van der Waals surface area contributed by atoms with Gasteiger partial charge < -0.3 is 10.6 Å². The first-order valence-electron chi connectivity index (χ1n) is 6.53. The summed E-state index contributed by atoms with van der Waals surface area (Å²) in [6.45, 7) is 2.43. The van der Waals surface area contributed by atoms with E-state index in [4.69, 9.17) is 5.14 Å².